The van der Waals surface area contributed by atoms with Gasteiger partial charge in [0.05, 0.1) is 17.2 Å². The first-order valence-corrected chi connectivity index (χ1v) is 17.5. The highest BCUT2D eigenvalue weighted by Gasteiger charge is 2.34. The van der Waals surface area contributed by atoms with Crippen LogP contribution in [0.5, 0.6) is 5.75 Å². The van der Waals surface area contributed by atoms with Gasteiger partial charge in [-0.1, -0.05) is 74.3 Å². The molecule has 1 N–H and O–H groups in total. The number of hydrogen-bond donors (Lipinski definition) is 1. The summed E-state index contributed by atoms with van der Waals surface area (Å²) in [7, 11) is -4.20. The minimum absolute atomic E-state index is 0.0236. The van der Waals surface area contributed by atoms with Crippen LogP contribution in [0.4, 0.5) is 5.69 Å². The Kier molecular flexibility index (Phi) is 12.2. The van der Waals surface area contributed by atoms with E-state index in [1.807, 2.05) is 68.4 Å². The van der Waals surface area contributed by atoms with Gasteiger partial charge in [-0.2, -0.15) is 0 Å². The number of anilines is 1. The second kappa shape index (κ2) is 16.1. The van der Waals surface area contributed by atoms with Crippen molar-refractivity contribution in [2.45, 2.75) is 37.8 Å². The van der Waals surface area contributed by atoms with E-state index in [2.05, 4.69) is 37.2 Å². The fourth-order valence-electron chi connectivity index (χ4n) is 4.82. The van der Waals surface area contributed by atoms with Crippen molar-refractivity contribution in [1.82, 2.24) is 10.2 Å². The number of benzene rings is 4. The summed E-state index contributed by atoms with van der Waals surface area (Å²) < 4.78 is 36.5. The Balaban J connectivity index is 1.79. The van der Waals surface area contributed by atoms with E-state index >= 15 is 0 Å². The summed E-state index contributed by atoms with van der Waals surface area (Å²) in [5.41, 5.74) is 1.94. The molecule has 0 unspecified atom stereocenters. The Morgan fingerprint density at radius 3 is 2.11 bits per heavy atom. The van der Waals surface area contributed by atoms with E-state index in [1.165, 1.54) is 17.0 Å². The maximum absolute atomic E-state index is 14.5. The summed E-state index contributed by atoms with van der Waals surface area (Å²) in [5, 5.41) is 2.87. The summed E-state index contributed by atoms with van der Waals surface area (Å²) in [5.74, 6) is -0.283. The highest BCUT2D eigenvalue weighted by Crippen LogP contribution is 2.28. The number of halogens is 2. The van der Waals surface area contributed by atoms with Crippen LogP contribution in [0.1, 0.15) is 25.0 Å². The predicted octanol–water partition coefficient (Wildman–Crippen LogP) is 6.58. The number of carbonyl (C=O) groups is 2. The summed E-state index contributed by atoms with van der Waals surface area (Å²) in [6.07, 6.45) is 0.245. The molecule has 45 heavy (non-hydrogen) atoms. The van der Waals surface area contributed by atoms with E-state index in [-0.39, 0.29) is 29.5 Å². The van der Waals surface area contributed by atoms with Gasteiger partial charge in [0.25, 0.3) is 10.0 Å². The van der Waals surface area contributed by atoms with Crippen molar-refractivity contribution in [3.05, 3.63) is 123 Å². The Morgan fingerprint density at radius 2 is 1.49 bits per heavy atom. The van der Waals surface area contributed by atoms with E-state index in [0.29, 0.717) is 18.9 Å². The average Bonchev–Trinajstić information content (AvgIpc) is 3.03. The Hall–Kier alpha value is -3.67. The van der Waals surface area contributed by atoms with Crippen molar-refractivity contribution >= 4 is 59.4 Å². The highest BCUT2D eigenvalue weighted by atomic mass is 79.9. The van der Waals surface area contributed by atoms with E-state index in [4.69, 9.17) is 4.74 Å². The van der Waals surface area contributed by atoms with Crippen molar-refractivity contribution in [2.24, 2.45) is 0 Å². The van der Waals surface area contributed by atoms with Crippen LogP contribution in [-0.2, 0) is 32.6 Å². The van der Waals surface area contributed by atoms with Gasteiger partial charge in [-0.15, -0.1) is 0 Å². The molecule has 0 aliphatic rings. The molecule has 0 aromatic heterocycles. The minimum atomic E-state index is -4.20. The molecule has 0 saturated heterocycles. The zero-order valence-corrected chi connectivity index (χ0v) is 29.0. The van der Waals surface area contributed by atoms with Crippen LogP contribution in [-0.4, -0.2) is 50.9 Å². The number of amides is 2. The third kappa shape index (κ3) is 9.18. The fraction of sp³-hybridized carbons (Fsp3) is 0.235. The van der Waals surface area contributed by atoms with Gasteiger partial charge in [-0.05, 0) is 85.6 Å². The van der Waals surface area contributed by atoms with E-state index in [9.17, 15) is 18.0 Å². The molecule has 0 fully saturated rings. The first-order valence-electron chi connectivity index (χ1n) is 14.5. The molecule has 4 aromatic rings. The monoisotopic (exact) mass is 755 g/mol. The normalized spacial score (nSPS) is 11.8. The van der Waals surface area contributed by atoms with Crippen molar-refractivity contribution in [3.63, 3.8) is 0 Å². The lowest BCUT2D eigenvalue weighted by Gasteiger charge is -2.34. The lowest BCUT2D eigenvalue weighted by Crippen LogP contribution is -2.53. The molecular weight excluding hydrogens is 722 g/mol. The molecule has 0 bridgehead atoms. The van der Waals surface area contributed by atoms with E-state index < -0.39 is 28.5 Å². The van der Waals surface area contributed by atoms with E-state index in [1.54, 1.807) is 36.4 Å². The topological polar surface area (TPSA) is 96.0 Å². The molecule has 1 atom stereocenters. The predicted molar refractivity (Wildman–Crippen MR) is 184 cm³/mol. The SMILES string of the molecule is CCNC(=O)[C@@H](Cc1ccccc1)N(Cc1cccc(Br)c1)C(=O)CN(c1ccc(OCC)cc1)S(=O)(=O)c1ccc(Br)cc1. The molecular formula is C34H35Br2N3O5S. The second-order valence-corrected chi connectivity index (χ2v) is 13.8. The van der Waals surface area contributed by atoms with Crippen LogP contribution in [0, 0.1) is 0 Å². The molecule has 0 radical (unpaired) electrons. The molecule has 8 nitrogen and oxygen atoms in total. The molecule has 0 saturated carbocycles. The summed E-state index contributed by atoms with van der Waals surface area (Å²) in [6, 6.07) is 28.8. The Labute approximate surface area is 281 Å². The zero-order valence-electron chi connectivity index (χ0n) is 25.0. The minimum Gasteiger partial charge on any atom is -0.494 e. The smallest absolute Gasteiger partial charge is 0.264 e. The number of rotatable bonds is 14. The van der Waals surface area contributed by atoms with Crippen molar-refractivity contribution < 1.29 is 22.7 Å². The Morgan fingerprint density at radius 1 is 0.822 bits per heavy atom. The first kappa shape index (κ1) is 34.2. The molecule has 0 heterocycles. The van der Waals surface area contributed by atoms with Gasteiger partial charge in [0.1, 0.15) is 18.3 Å². The number of ether oxygens (including phenoxy) is 1. The van der Waals surface area contributed by atoms with Crippen LogP contribution in [0.3, 0.4) is 0 Å². The zero-order chi connectivity index (χ0) is 32.4. The maximum Gasteiger partial charge on any atom is 0.264 e. The number of hydrogen-bond acceptors (Lipinski definition) is 5. The Bertz CT molecular complexity index is 1690. The van der Waals surface area contributed by atoms with Gasteiger partial charge in [-0.3, -0.25) is 13.9 Å². The number of nitrogens with one attached hydrogen (secondary N) is 1. The van der Waals surface area contributed by atoms with E-state index in [0.717, 1.165) is 24.4 Å². The molecule has 4 aromatic carbocycles. The quantitative estimate of drug-likeness (QED) is 0.157. The van der Waals surface area contributed by atoms with Crippen LogP contribution in [0.15, 0.2) is 117 Å². The molecule has 0 aliphatic heterocycles. The van der Waals surface area contributed by atoms with Crippen LogP contribution < -0.4 is 14.4 Å². The molecule has 236 valence electrons. The number of sulfonamides is 1. The lowest BCUT2D eigenvalue weighted by molar-refractivity contribution is -0.140. The van der Waals surface area contributed by atoms with Gasteiger partial charge in [0.2, 0.25) is 11.8 Å². The van der Waals surface area contributed by atoms with Gasteiger partial charge in [-0.25, -0.2) is 8.42 Å². The second-order valence-electron chi connectivity index (χ2n) is 10.1. The van der Waals surface area contributed by atoms with Crippen molar-refractivity contribution in [3.8, 4) is 5.75 Å². The molecule has 2 amide bonds. The van der Waals surface area contributed by atoms with Gasteiger partial charge in [0.15, 0.2) is 0 Å². The first-order chi connectivity index (χ1) is 21.6. The third-order valence-electron chi connectivity index (χ3n) is 6.98. The summed E-state index contributed by atoms with van der Waals surface area (Å²) in [4.78, 5) is 29.5. The number of nitrogens with zero attached hydrogens (tertiary/aromatic N) is 2. The average molecular weight is 758 g/mol. The summed E-state index contributed by atoms with van der Waals surface area (Å²) in [6.45, 7) is 4.05. The molecule has 4 rings (SSSR count). The van der Waals surface area contributed by atoms with Crippen molar-refractivity contribution in [2.75, 3.05) is 24.0 Å². The van der Waals surface area contributed by atoms with Crippen LogP contribution >= 0.6 is 31.9 Å². The molecule has 0 spiro atoms. The van der Waals surface area contributed by atoms with Crippen molar-refractivity contribution in [1.29, 1.82) is 0 Å². The summed E-state index contributed by atoms with van der Waals surface area (Å²) >= 11 is 6.85. The molecule has 11 heteroatoms. The number of carbonyl (C=O) groups excluding carboxylic acids is 2. The largest absolute Gasteiger partial charge is 0.494 e. The molecule has 0 aliphatic carbocycles. The van der Waals surface area contributed by atoms with Gasteiger partial charge >= 0.3 is 0 Å². The third-order valence-corrected chi connectivity index (χ3v) is 9.79. The maximum atomic E-state index is 14.5. The fourth-order valence-corrected chi connectivity index (χ4v) is 6.94. The van der Waals surface area contributed by atoms with Gasteiger partial charge in [0, 0.05) is 28.5 Å². The number of likely N-dealkylation sites (N-methyl/N-ethyl adjacent to an activating group) is 1. The van der Waals surface area contributed by atoms with Crippen LogP contribution in [0.2, 0.25) is 0 Å². The lowest BCUT2D eigenvalue weighted by atomic mass is 10.0. The standard InChI is InChI=1S/C34H35Br2N3O5S/c1-3-37-34(41)32(22-25-9-6-5-7-10-25)38(23-26-11-8-12-28(36)21-26)33(40)24-39(29-15-17-30(18-16-29)44-4-2)45(42,43)31-19-13-27(35)14-20-31/h5-21,32H,3-4,22-24H2,1-2H3,(H,37,41)/t32-/m1/s1. The van der Waals surface area contributed by atoms with Gasteiger partial charge < -0.3 is 15.0 Å². The highest BCUT2D eigenvalue weighted by molar-refractivity contribution is 9.10. The van der Waals surface area contributed by atoms with Crippen LogP contribution in [0.25, 0.3) is 0 Å².